The summed E-state index contributed by atoms with van der Waals surface area (Å²) >= 11 is 0. The number of ketones is 1. The van der Waals surface area contributed by atoms with Crippen molar-refractivity contribution in [2.24, 2.45) is 0 Å². The molecule has 0 saturated heterocycles. The fourth-order valence-corrected chi connectivity index (χ4v) is 1.42. The molecule has 0 aliphatic carbocycles. The molecule has 0 heterocycles. The molecule has 1 rings (SSSR count). The first kappa shape index (κ1) is 15.6. The Morgan fingerprint density at radius 3 is 2.50 bits per heavy atom. The third-order valence-corrected chi connectivity index (χ3v) is 2.58. The SMILES string of the molecule is C=CC(=O)NC(C)(C)C(=O)Oc1cccc(C(C)=O)c1. The summed E-state index contributed by atoms with van der Waals surface area (Å²) in [5, 5.41) is 2.46. The van der Waals surface area contributed by atoms with Gasteiger partial charge in [-0.25, -0.2) is 4.79 Å². The predicted molar refractivity (Wildman–Crippen MR) is 74.5 cm³/mol. The summed E-state index contributed by atoms with van der Waals surface area (Å²) in [7, 11) is 0. The number of carbonyl (C=O) groups is 3. The van der Waals surface area contributed by atoms with Gasteiger partial charge in [-0.3, -0.25) is 9.59 Å². The fraction of sp³-hybridized carbons (Fsp3) is 0.267. The predicted octanol–water partition coefficient (Wildman–Crippen LogP) is 1.88. The first-order chi connectivity index (χ1) is 9.26. The van der Waals surface area contributed by atoms with Gasteiger partial charge in [0.25, 0.3) is 0 Å². The Hall–Kier alpha value is -2.43. The third-order valence-electron chi connectivity index (χ3n) is 2.58. The van der Waals surface area contributed by atoms with Crippen molar-refractivity contribution in [2.45, 2.75) is 26.3 Å². The molecule has 0 aliphatic rings. The van der Waals surface area contributed by atoms with Crippen LogP contribution in [0.4, 0.5) is 0 Å². The summed E-state index contributed by atoms with van der Waals surface area (Å²) in [5.74, 6) is -0.969. The molecular weight excluding hydrogens is 258 g/mol. The Kier molecular flexibility index (Phi) is 4.80. The Morgan fingerprint density at radius 1 is 1.30 bits per heavy atom. The lowest BCUT2D eigenvalue weighted by Crippen LogP contribution is -2.51. The molecule has 5 nitrogen and oxygen atoms in total. The minimum atomic E-state index is -1.20. The van der Waals surface area contributed by atoms with Crippen molar-refractivity contribution in [3.63, 3.8) is 0 Å². The van der Waals surface area contributed by atoms with Crippen molar-refractivity contribution in [3.8, 4) is 5.75 Å². The monoisotopic (exact) mass is 275 g/mol. The van der Waals surface area contributed by atoms with E-state index in [1.54, 1.807) is 18.2 Å². The van der Waals surface area contributed by atoms with Crippen LogP contribution < -0.4 is 10.1 Å². The zero-order chi connectivity index (χ0) is 15.3. The number of amides is 1. The molecule has 0 saturated carbocycles. The molecular formula is C15H17NO4. The topological polar surface area (TPSA) is 72.5 Å². The van der Waals surface area contributed by atoms with Crippen LogP contribution in [0.2, 0.25) is 0 Å². The fourth-order valence-electron chi connectivity index (χ4n) is 1.42. The van der Waals surface area contributed by atoms with Crippen LogP contribution in [0.3, 0.4) is 0 Å². The molecule has 1 N–H and O–H groups in total. The van der Waals surface area contributed by atoms with E-state index >= 15 is 0 Å². The van der Waals surface area contributed by atoms with Gasteiger partial charge in [0.1, 0.15) is 11.3 Å². The van der Waals surface area contributed by atoms with Crippen molar-refractivity contribution >= 4 is 17.7 Å². The zero-order valence-electron chi connectivity index (χ0n) is 11.7. The maximum Gasteiger partial charge on any atom is 0.336 e. The van der Waals surface area contributed by atoms with Gasteiger partial charge in [0.15, 0.2) is 5.78 Å². The highest BCUT2D eigenvalue weighted by atomic mass is 16.5. The summed E-state index contributed by atoms with van der Waals surface area (Å²) in [5.41, 5.74) is -0.749. The van der Waals surface area contributed by atoms with E-state index in [9.17, 15) is 14.4 Å². The third kappa shape index (κ3) is 4.05. The largest absolute Gasteiger partial charge is 0.425 e. The number of esters is 1. The Balaban J connectivity index is 2.84. The van der Waals surface area contributed by atoms with Crippen LogP contribution in [0.15, 0.2) is 36.9 Å². The number of ether oxygens (including phenoxy) is 1. The van der Waals surface area contributed by atoms with Crippen LogP contribution in [0.25, 0.3) is 0 Å². The van der Waals surface area contributed by atoms with Crippen LogP contribution in [-0.2, 0) is 9.59 Å². The van der Waals surface area contributed by atoms with E-state index in [4.69, 9.17) is 4.74 Å². The zero-order valence-corrected chi connectivity index (χ0v) is 11.7. The minimum absolute atomic E-state index is 0.123. The summed E-state index contributed by atoms with van der Waals surface area (Å²) in [6.45, 7) is 7.78. The average molecular weight is 275 g/mol. The lowest BCUT2D eigenvalue weighted by Gasteiger charge is -2.23. The van der Waals surface area contributed by atoms with E-state index in [2.05, 4.69) is 11.9 Å². The Bertz CT molecular complexity index is 561. The quantitative estimate of drug-likeness (QED) is 0.385. The van der Waals surface area contributed by atoms with Crippen molar-refractivity contribution in [3.05, 3.63) is 42.5 Å². The van der Waals surface area contributed by atoms with Crippen LogP contribution in [0.5, 0.6) is 5.75 Å². The van der Waals surface area contributed by atoms with E-state index < -0.39 is 17.4 Å². The van der Waals surface area contributed by atoms with Gasteiger partial charge in [-0.1, -0.05) is 18.7 Å². The van der Waals surface area contributed by atoms with E-state index in [-0.39, 0.29) is 11.5 Å². The lowest BCUT2D eigenvalue weighted by atomic mass is 10.1. The van der Waals surface area contributed by atoms with Gasteiger partial charge < -0.3 is 10.1 Å². The minimum Gasteiger partial charge on any atom is -0.425 e. The maximum absolute atomic E-state index is 12.0. The van der Waals surface area contributed by atoms with Crippen LogP contribution in [-0.4, -0.2) is 23.2 Å². The van der Waals surface area contributed by atoms with Gasteiger partial charge in [-0.2, -0.15) is 0 Å². The second kappa shape index (κ2) is 6.14. The van der Waals surface area contributed by atoms with E-state index in [0.717, 1.165) is 6.08 Å². The van der Waals surface area contributed by atoms with Crippen molar-refractivity contribution in [1.29, 1.82) is 0 Å². The maximum atomic E-state index is 12.0. The molecule has 1 amide bonds. The Labute approximate surface area is 117 Å². The van der Waals surface area contributed by atoms with Crippen LogP contribution in [0.1, 0.15) is 31.1 Å². The summed E-state index contributed by atoms with van der Waals surface area (Å²) in [6, 6.07) is 6.29. The van der Waals surface area contributed by atoms with Crippen molar-refractivity contribution < 1.29 is 19.1 Å². The number of rotatable bonds is 5. The molecule has 0 radical (unpaired) electrons. The molecule has 0 aliphatic heterocycles. The molecule has 0 unspecified atom stereocenters. The summed E-state index contributed by atoms with van der Waals surface area (Å²) < 4.78 is 5.18. The molecule has 0 spiro atoms. The normalized spacial score (nSPS) is 10.6. The Morgan fingerprint density at radius 2 is 1.95 bits per heavy atom. The van der Waals surface area contributed by atoms with Crippen molar-refractivity contribution in [2.75, 3.05) is 0 Å². The lowest BCUT2D eigenvalue weighted by molar-refractivity contribution is -0.142. The number of hydrogen-bond donors (Lipinski definition) is 1. The molecule has 0 fully saturated rings. The van der Waals surface area contributed by atoms with E-state index in [0.29, 0.717) is 5.56 Å². The molecule has 0 atom stereocenters. The molecule has 0 bridgehead atoms. The van der Waals surface area contributed by atoms with Gasteiger partial charge in [0, 0.05) is 5.56 Å². The standard InChI is InChI=1S/C15H17NO4/c1-5-13(18)16-15(3,4)14(19)20-12-8-6-7-11(9-12)10(2)17/h5-9H,1H2,2-4H3,(H,16,18). The van der Waals surface area contributed by atoms with Gasteiger partial charge in [-0.15, -0.1) is 0 Å². The molecule has 0 aromatic heterocycles. The number of nitrogens with one attached hydrogen (secondary N) is 1. The molecule has 5 heteroatoms. The first-order valence-electron chi connectivity index (χ1n) is 6.04. The molecule has 20 heavy (non-hydrogen) atoms. The second-order valence-electron chi connectivity index (χ2n) is 4.79. The second-order valence-corrected chi connectivity index (χ2v) is 4.79. The molecule has 1 aromatic rings. The summed E-state index contributed by atoms with van der Waals surface area (Å²) in [4.78, 5) is 34.5. The number of benzene rings is 1. The van der Waals surface area contributed by atoms with Crippen molar-refractivity contribution in [1.82, 2.24) is 5.32 Å². The van der Waals surface area contributed by atoms with E-state index in [1.807, 2.05) is 0 Å². The number of hydrogen-bond acceptors (Lipinski definition) is 4. The smallest absolute Gasteiger partial charge is 0.336 e. The highest BCUT2D eigenvalue weighted by molar-refractivity contribution is 5.95. The molecule has 106 valence electrons. The van der Waals surface area contributed by atoms with Gasteiger partial charge >= 0.3 is 5.97 Å². The number of carbonyl (C=O) groups excluding carboxylic acids is 3. The van der Waals surface area contributed by atoms with Gasteiger partial charge in [0.2, 0.25) is 5.91 Å². The average Bonchev–Trinajstić information content (AvgIpc) is 2.38. The summed E-state index contributed by atoms with van der Waals surface area (Å²) in [6.07, 6.45) is 1.07. The highest BCUT2D eigenvalue weighted by Crippen LogP contribution is 2.16. The van der Waals surface area contributed by atoms with Crippen LogP contribution >= 0.6 is 0 Å². The number of Topliss-reactive ketones (excluding diaryl/α,β-unsaturated/α-hetero) is 1. The molecule has 1 aromatic carbocycles. The van der Waals surface area contributed by atoms with Gasteiger partial charge in [-0.05, 0) is 39.0 Å². The van der Waals surface area contributed by atoms with E-state index in [1.165, 1.54) is 26.8 Å². The van der Waals surface area contributed by atoms with Crippen LogP contribution in [0, 0.1) is 0 Å². The first-order valence-corrected chi connectivity index (χ1v) is 6.04. The highest BCUT2D eigenvalue weighted by Gasteiger charge is 2.31. The van der Waals surface area contributed by atoms with Gasteiger partial charge in [0.05, 0.1) is 0 Å².